The second-order valence-corrected chi connectivity index (χ2v) is 3.17. The molecule has 0 spiro atoms. The Labute approximate surface area is 59.6 Å². The number of carbonyl (C=O) groups is 2. The average Bonchev–Trinajstić information content (AvgIpc) is 1.81. The minimum Gasteiger partial charge on any atom is -0.480 e. The number of rotatable bonds is 3. The van der Waals surface area contributed by atoms with Crippen molar-refractivity contribution in [2.45, 2.75) is 12.6 Å². The van der Waals surface area contributed by atoms with Crippen molar-refractivity contribution in [2.75, 3.05) is 0 Å². The van der Waals surface area contributed by atoms with Crippen molar-refractivity contribution in [3.8, 4) is 6.07 Å². The summed E-state index contributed by atoms with van der Waals surface area (Å²) >= 11 is 0. The van der Waals surface area contributed by atoms with Gasteiger partial charge in [0.2, 0.25) is 0 Å². The Balaban J connectivity index is 4.00. The molecular formula is C5H6NO3P. The number of hydrogen-bond donors (Lipinski definition) is 1. The van der Waals surface area contributed by atoms with Crippen LogP contribution in [0, 0.1) is 11.3 Å². The standard InChI is InChI=1S/C5H6NO3P/c1-3(7)10-4(2-6)5(8)9/h4,10H,1H3,(H,8,9). The van der Waals surface area contributed by atoms with Gasteiger partial charge in [-0.25, -0.2) is 0 Å². The van der Waals surface area contributed by atoms with Gasteiger partial charge in [0.05, 0.1) is 6.07 Å². The molecule has 0 aliphatic rings. The van der Waals surface area contributed by atoms with Crippen LogP contribution in [0.5, 0.6) is 0 Å². The zero-order chi connectivity index (χ0) is 8.15. The number of nitriles is 1. The maximum Gasteiger partial charge on any atom is 0.325 e. The van der Waals surface area contributed by atoms with E-state index >= 15 is 0 Å². The van der Waals surface area contributed by atoms with E-state index in [2.05, 4.69) is 0 Å². The van der Waals surface area contributed by atoms with E-state index in [-0.39, 0.29) is 5.52 Å². The van der Waals surface area contributed by atoms with Gasteiger partial charge in [-0.15, -0.1) is 0 Å². The number of carbonyl (C=O) groups excluding carboxylic acids is 1. The molecule has 0 heterocycles. The van der Waals surface area contributed by atoms with E-state index in [1.54, 1.807) is 0 Å². The molecule has 0 fully saturated rings. The Hall–Kier alpha value is -0.940. The zero-order valence-corrected chi connectivity index (χ0v) is 6.29. The van der Waals surface area contributed by atoms with E-state index in [9.17, 15) is 9.59 Å². The van der Waals surface area contributed by atoms with Gasteiger partial charge in [-0.05, 0) is 15.5 Å². The molecule has 0 aromatic heterocycles. The maximum absolute atomic E-state index is 10.3. The lowest BCUT2D eigenvalue weighted by atomic mass is 10.5. The maximum atomic E-state index is 10.3. The third-order valence-electron chi connectivity index (χ3n) is 0.724. The van der Waals surface area contributed by atoms with Crippen LogP contribution in [0.3, 0.4) is 0 Å². The van der Waals surface area contributed by atoms with Crippen molar-refractivity contribution in [1.82, 2.24) is 0 Å². The first kappa shape index (κ1) is 9.06. The SMILES string of the molecule is CC(=O)PC(C#N)C(=O)O. The summed E-state index contributed by atoms with van der Waals surface area (Å²) in [4.78, 5) is 20.4. The fourth-order valence-electron chi connectivity index (χ4n) is 0.352. The van der Waals surface area contributed by atoms with Crippen LogP contribution in [-0.2, 0) is 9.59 Å². The minimum atomic E-state index is -1.23. The largest absolute Gasteiger partial charge is 0.480 e. The van der Waals surface area contributed by atoms with E-state index in [0.29, 0.717) is 0 Å². The first-order chi connectivity index (χ1) is 4.57. The van der Waals surface area contributed by atoms with Gasteiger partial charge in [-0.2, -0.15) is 5.26 Å². The van der Waals surface area contributed by atoms with Crippen LogP contribution in [0.4, 0.5) is 0 Å². The summed E-state index contributed by atoms with van der Waals surface area (Å²) in [5.74, 6) is -1.23. The molecule has 0 radical (unpaired) electrons. The Morgan fingerprint density at radius 3 is 2.30 bits per heavy atom. The van der Waals surface area contributed by atoms with Gasteiger partial charge in [0.15, 0.2) is 5.66 Å². The molecule has 0 aromatic rings. The summed E-state index contributed by atoms with van der Waals surface area (Å²) in [7, 11) is -0.439. The Morgan fingerprint density at radius 1 is 1.70 bits per heavy atom. The molecule has 0 rings (SSSR count). The molecule has 54 valence electrons. The molecule has 0 amide bonds. The normalized spacial score (nSPS) is 12.8. The highest BCUT2D eigenvalue weighted by molar-refractivity contribution is 7.59. The third kappa shape index (κ3) is 3.16. The number of nitrogens with zero attached hydrogens (tertiary/aromatic N) is 1. The van der Waals surface area contributed by atoms with Gasteiger partial charge in [0.1, 0.15) is 5.52 Å². The summed E-state index contributed by atoms with van der Waals surface area (Å²) in [5.41, 5.74) is -1.41. The van der Waals surface area contributed by atoms with Crippen molar-refractivity contribution in [3.05, 3.63) is 0 Å². The number of hydrogen-bond acceptors (Lipinski definition) is 3. The van der Waals surface area contributed by atoms with Crippen LogP contribution in [-0.4, -0.2) is 22.3 Å². The van der Waals surface area contributed by atoms with Crippen LogP contribution >= 0.6 is 8.58 Å². The number of aliphatic carboxylic acids is 1. The predicted molar refractivity (Wildman–Crippen MR) is 36.0 cm³/mol. The zero-order valence-electron chi connectivity index (χ0n) is 5.29. The quantitative estimate of drug-likeness (QED) is 0.596. The second kappa shape index (κ2) is 3.97. The Kier molecular flexibility index (Phi) is 3.60. The molecule has 10 heavy (non-hydrogen) atoms. The topological polar surface area (TPSA) is 78.2 Å². The molecule has 0 aliphatic carbocycles. The minimum absolute atomic E-state index is 0.256. The molecule has 2 atom stereocenters. The van der Waals surface area contributed by atoms with Gasteiger partial charge in [-0.1, -0.05) is 0 Å². The first-order valence-electron chi connectivity index (χ1n) is 2.47. The molecule has 0 saturated carbocycles. The van der Waals surface area contributed by atoms with Gasteiger partial charge in [0, 0.05) is 0 Å². The number of carboxylic acids is 1. The highest BCUT2D eigenvalue weighted by atomic mass is 31.1. The second-order valence-electron chi connectivity index (χ2n) is 1.60. The summed E-state index contributed by atoms with van der Waals surface area (Å²) in [6.07, 6.45) is 0. The van der Waals surface area contributed by atoms with Crippen LogP contribution in [0.2, 0.25) is 0 Å². The van der Waals surface area contributed by atoms with Gasteiger partial charge < -0.3 is 5.11 Å². The highest BCUT2D eigenvalue weighted by Crippen LogP contribution is 2.18. The lowest BCUT2D eigenvalue weighted by Crippen LogP contribution is -2.13. The summed E-state index contributed by atoms with van der Waals surface area (Å²) in [6, 6.07) is 1.52. The van der Waals surface area contributed by atoms with Gasteiger partial charge >= 0.3 is 5.97 Å². The molecule has 0 aromatic carbocycles. The van der Waals surface area contributed by atoms with E-state index in [1.807, 2.05) is 0 Å². The van der Waals surface area contributed by atoms with Crippen molar-refractivity contribution < 1.29 is 14.7 Å². The highest BCUT2D eigenvalue weighted by Gasteiger charge is 2.17. The van der Waals surface area contributed by atoms with E-state index in [0.717, 1.165) is 0 Å². The monoisotopic (exact) mass is 159 g/mol. The van der Waals surface area contributed by atoms with Crippen molar-refractivity contribution in [1.29, 1.82) is 5.26 Å². The van der Waals surface area contributed by atoms with Crippen molar-refractivity contribution in [2.24, 2.45) is 0 Å². The first-order valence-corrected chi connectivity index (χ1v) is 3.55. The summed E-state index contributed by atoms with van der Waals surface area (Å²) in [5, 5.41) is 16.4. The van der Waals surface area contributed by atoms with Gasteiger partial charge in [0.25, 0.3) is 0 Å². The van der Waals surface area contributed by atoms with Crippen molar-refractivity contribution >= 4 is 20.1 Å². The number of carboxylic acid groups (broad SMARTS) is 1. The van der Waals surface area contributed by atoms with Gasteiger partial charge in [-0.3, -0.25) is 9.59 Å². The lowest BCUT2D eigenvalue weighted by Gasteiger charge is -1.97. The molecule has 1 N–H and O–H groups in total. The average molecular weight is 159 g/mol. The van der Waals surface area contributed by atoms with E-state index < -0.39 is 20.2 Å². The van der Waals surface area contributed by atoms with E-state index in [4.69, 9.17) is 10.4 Å². The molecule has 2 unspecified atom stereocenters. The molecule has 0 aliphatic heterocycles. The molecule has 0 bridgehead atoms. The fourth-order valence-corrected chi connectivity index (χ4v) is 0.947. The molecule has 0 saturated heterocycles. The van der Waals surface area contributed by atoms with Crippen LogP contribution < -0.4 is 0 Å². The Bertz CT molecular complexity index is 196. The summed E-state index contributed by atoms with van der Waals surface area (Å²) in [6.45, 7) is 1.27. The predicted octanol–water partition coefficient (Wildman–Crippen LogP) is 0.188. The smallest absolute Gasteiger partial charge is 0.325 e. The van der Waals surface area contributed by atoms with Crippen LogP contribution in [0.15, 0.2) is 0 Å². The van der Waals surface area contributed by atoms with E-state index in [1.165, 1.54) is 13.0 Å². The molecule has 5 heteroatoms. The fraction of sp³-hybridized carbons (Fsp3) is 0.400. The van der Waals surface area contributed by atoms with Crippen molar-refractivity contribution in [3.63, 3.8) is 0 Å². The summed E-state index contributed by atoms with van der Waals surface area (Å²) < 4.78 is 0. The van der Waals surface area contributed by atoms with Crippen LogP contribution in [0.1, 0.15) is 6.92 Å². The Morgan fingerprint density at radius 2 is 2.20 bits per heavy atom. The lowest BCUT2D eigenvalue weighted by molar-refractivity contribution is -0.135. The third-order valence-corrected chi connectivity index (χ3v) is 1.79. The molecular weight excluding hydrogens is 153 g/mol. The molecule has 4 nitrogen and oxygen atoms in total. The van der Waals surface area contributed by atoms with Crippen LogP contribution in [0.25, 0.3) is 0 Å².